The van der Waals surface area contributed by atoms with Crippen LogP contribution in [0.2, 0.25) is 10.0 Å². The smallest absolute Gasteiger partial charge is 0.264 e. The molecule has 0 spiro atoms. The summed E-state index contributed by atoms with van der Waals surface area (Å²) < 4.78 is 38.8. The molecule has 10 heteroatoms. The van der Waals surface area contributed by atoms with Crippen LogP contribution >= 0.6 is 23.2 Å². The van der Waals surface area contributed by atoms with Crippen molar-refractivity contribution in [2.24, 2.45) is 0 Å². The quantitative estimate of drug-likeness (QED) is 0.390. The zero-order valence-corrected chi connectivity index (χ0v) is 21.8. The molecule has 3 aromatic carbocycles. The first-order valence-electron chi connectivity index (χ1n) is 10.7. The van der Waals surface area contributed by atoms with E-state index in [1.165, 1.54) is 30.3 Å². The Morgan fingerprint density at radius 3 is 2.11 bits per heavy atom. The third-order valence-electron chi connectivity index (χ3n) is 5.00. The lowest BCUT2D eigenvalue weighted by molar-refractivity contribution is -0.120. The molecule has 3 aromatic rings. The van der Waals surface area contributed by atoms with Gasteiger partial charge in [-0.3, -0.25) is 9.10 Å². The Kier molecular flexibility index (Phi) is 8.88. The van der Waals surface area contributed by atoms with Gasteiger partial charge in [-0.15, -0.1) is 0 Å². The zero-order chi connectivity index (χ0) is 25.6. The highest BCUT2D eigenvalue weighted by molar-refractivity contribution is 7.92. The van der Waals surface area contributed by atoms with Crippen LogP contribution in [0.1, 0.15) is 12.5 Å². The number of benzene rings is 3. The van der Waals surface area contributed by atoms with Gasteiger partial charge in [0.1, 0.15) is 24.7 Å². The average Bonchev–Trinajstić information content (AvgIpc) is 2.81. The second kappa shape index (κ2) is 11.7. The summed E-state index contributed by atoms with van der Waals surface area (Å²) >= 11 is 12.2. The van der Waals surface area contributed by atoms with E-state index in [0.29, 0.717) is 11.5 Å². The minimum atomic E-state index is -4.09. The summed E-state index contributed by atoms with van der Waals surface area (Å²) in [5, 5.41) is 3.27. The molecule has 1 atom stereocenters. The number of anilines is 1. The molecular formula is C25H26Cl2N2O5S. The van der Waals surface area contributed by atoms with Crippen LogP contribution in [0.4, 0.5) is 5.69 Å². The third kappa shape index (κ3) is 7.27. The maximum absolute atomic E-state index is 13.5. The number of ether oxygens (including phenoxy) is 2. The van der Waals surface area contributed by atoms with Crippen molar-refractivity contribution in [1.82, 2.24) is 5.32 Å². The maximum Gasteiger partial charge on any atom is 0.264 e. The van der Waals surface area contributed by atoms with Crippen LogP contribution < -0.4 is 19.1 Å². The molecule has 1 unspecified atom stereocenters. The summed E-state index contributed by atoms with van der Waals surface area (Å²) in [5.74, 6) is 0.807. The van der Waals surface area contributed by atoms with E-state index in [9.17, 15) is 13.2 Å². The van der Waals surface area contributed by atoms with Gasteiger partial charge in [0.15, 0.2) is 0 Å². The highest BCUT2D eigenvalue weighted by Crippen LogP contribution is 2.29. The Balaban J connectivity index is 1.76. The van der Waals surface area contributed by atoms with Crippen LogP contribution in [-0.4, -0.2) is 40.6 Å². The highest BCUT2D eigenvalue weighted by atomic mass is 35.5. The van der Waals surface area contributed by atoms with E-state index in [4.69, 9.17) is 32.7 Å². The summed E-state index contributed by atoms with van der Waals surface area (Å²) in [6.07, 6.45) is 0. The van der Waals surface area contributed by atoms with Crippen LogP contribution in [0.15, 0.2) is 71.6 Å². The monoisotopic (exact) mass is 536 g/mol. The van der Waals surface area contributed by atoms with Crippen molar-refractivity contribution in [3.63, 3.8) is 0 Å². The van der Waals surface area contributed by atoms with Crippen LogP contribution in [0.5, 0.6) is 11.5 Å². The van der Waals surface area contributed by atoms with Gasteiger partial charge in [0.25, 0.3) is 10.0 Å². The van der Waals surface area contributed by atoms with E-state index in [1.54, 1.807) is 50.4 Å². The van der Waals surface area contributed by atoms with Gasteiger partial charge < -0.3 is 14.8 Å². The molecule has 3 rings (SSSR count). The molecule has 0 fully saturated rings. The van der Waals surface area contributed by atoms with E-state index in [0.717, 1.165) is 9.87 Å². The topological polar surface area (TPSA) is 84.9 Å². The number of nitrogens with one attached hydrogen (secondary N) is 1. The van der Waals surface area contributed by atoms with Crippen LogP contribution in [0.25, 0.3) is 0 Å². The Morgan fingerprint density at radius 1 is 0.971 bits per heavy atom. The fourth-order valence-electron chi connectivity index (χ4n) is 3.22. The van der Waals surface area contributed by atoms with Crippen molar-refractivity contribution in [1.29, 1.82) is 0 Å². The number of hydrogen-bond acceptors (Lipinski definition) is 5. The first kappa shape index (κ1) is 26.7. The predicted octanol–water partition coefficient (Wildman–Crippen LogP) is 5.09. The molecular weight excluding hydrogens is 511 g/mol. The Bertz CT molecular complexity index is 1250. The normalized spacial score (nSPS) is 12.0. The summed E-state index contributed by atoms with van der Waals surface area (Å²) in [6.45, 7) is 3.33. The number of methoxy groups -OCH3 is 1. The minimum absolute atomic E-state index is 0.0443. The summed E-state index contributed by atoms with van der Waals surface area (Å²) in [5.41, 5.74) is 1.09. The maximum atomic E-state index is 13.5. The van der Waals surface area contributed by atoms with Crippen LogP contribution in [-0.2, 0) is 14.8 Å². The van der Waals surface area contributed by atoms with Gasteiger partial charge in [0.2, 0.25) is 5.91 Å². The molecule has 1 N–H and O–H groups in total. The fraction of sp³-hybridized carbons (Fsp3) is 0.240. The SMILES string of the molecule is COc1ccc(OCC(C)NC(=O)CN(c2cc(Cl)cc(Cl)c2)S(=O)(=O)c2ccc(C)cc2)cc1. The molecule has 7 nitrogen and oxygen atoms in total. The van der Waals surface area contributed by atoms with Gasteiger partial charge in [0, 0.05) is 10.0 Å². The number of hydrogen-bond donors (Lipinski definition) is 1. The van der Waals surface area contributed by atoms with Gasteiger partial charge in [0.05, 0.1) is 23.7 Å². The molecule has 0 aliphatic heterocycles. The molecule has 0 radical (unpaired) electrons. The van der Waals surface area contributed by atoms with E-state index >= 15 is 0 Å². The second-order valence-corrected chi connectivity index (χ2v) is 10.6. The Morgan fingerprint density at radius 2 is 1.54 bits per heavy atom. The lowest BCUT2D eigenvalue weighted by Gasteiger charge is -2.25. The van der Waals surface area contributed by atoms with E-state index in [1.807, 2.05) is 6.92 Å². The lowest BCUT2D eigenvalue weighted by atomic mass is 10.2. The van der Waals surface area contributed by atoms with Crippen LogP contribution in [0.3, 0.4) is 0 Å². The first-order chi connectivity index (χ1) is 16.6. The number of carbonyl (C=O) groups excluding carboxylic acids is 1. The van der Waals surface area contributed by atoms with E-state index in [2.05, 4.69) is 5.32 Å². The first-order valence-corrected chi connectivity index (χ1v) is 12.9. The summed E-state index contributed by atoms with van der Waals surface area (Å²) in [7, 11) is -2.51. The lowest BCUT2D eigenvalue weighted by Crippen LogP contribution is -2.45. The van der Waals surface area contributed by atoms with Crippen molar-refractivity contribution >= 4 is 44.8 Å². The number of nitrogens with zero attached hydrogens (tertiary/aromatic N) is 1. The van der Waals surface area contributed by atoms with E-state index < -0.39 is 28.5 Å². The van der Waals surface area contributed by atoms with Gasteiger partial charge in [-0.1, -0.05) is 40.9 Å². The molecule has 0 aliphatic carbocycles. The van der Waals surface area contributed by atoms with Crippen molar-refractivity contribution in [2.45, 2.75) is 24.8 Å². The molecule has 0 saturated carbocycles. The van der Waals surface area contributed by atoms with Gasteiger partial charge in [-0.2, -0.15) is 0 Å². The van der Waals surface area contributed by atoms with Crippen LogP contribution in [0, 0.1) is 6.92 Å². The number of halogens is 2. The molecule has 0 aliphatic rings. The second-order valence-electron chi connectivity index (χ2n) is 7.91. The van der Waals surface area contributed by atoms with E-state index in [-0.39, 0.29) is 27.2 Å². The van der Waals surface area contributed by atoms with Crippen molar-refractivity contribution in [3.05, 3.63) is 82.3 Å². The molecule has 0 heterocycles. The molecule has 0 saturated heterocycles. The largest absolute Gasteiger partial charge is 0.497 e. The molecule has 35 heavy (non-hydrogen) atoms. The fourth-order valence-corrected chi connectivity index (χ4v) is 5.14. The third-order valence-corrected chi connectivity index (χ3v) is 7.22. The number of carbonyl (C=O) groups is 1. The molecule has 1 amide bonds. The van der Waals surface area contributed by atoms with Crippen molar-refractivity contribution in [2.75, 3.05) is 24.6 Å². The highest BCUT2D eigenvalue weighted by Gasteiger charge is 2.28. The summed E-state index contributed by atoms with van der Waals surface area (Å²) in [6, 6.07) is 17.4. The van der Waals surface area contributed by atoms with Gasteiger partial charge >= 0.3 is 0 Å². The predicted molar refractivity (Wildman–Crippen MR) is 138 cm³/mol. The molecule has 0 bridgehead atoms. The zero-order valence-electron chi connectivity index (χ0n) is 19.5. The van der Waals surface area contributed by atoms with Crippen molar-refractivity contribution < 1.29 is 22.7 Å². The average molecular weight is 537 g/mol. The number of rotatable bonds is 10. The Hall–Kier alpha value is -2.94. The molecule has 0 aromatic heterocycles. The summed E-state index contributed by atoms with van der Waals surface area (Å²) in [4.78, 5) is 12.9. The van der Waals surface area contributed by atoms with Crippen molar-refractivity contribution in [3.8, 4) is 11.5 Å². The Labute approximate surface area is 215 Å². The van der Waals surface area contributed by atoms with Gasteiger partial charge in [-0.25, -0.2) is 8.42 Å². The number of amides is 1. The van der Waals surface area contributed by atoms with Gasteiger partial charge in [-0.05, 0) is 68.4 Å². The number of sulfonamides is 1. The number of aryl methyl sites for hydroxylation is 1. The standard InChI is InChI=1S/C25H26Cl2N2O5S/c1-17-4-10-24(11-5-17)35(31,32)29(21-13-19(26)12-20(27)14-21)15-25(30)28-18(2)16-34-23-8-6-22(33-3)7-9-23/h4-14,18H,15-16H2,1-3H3,(H,28,30). The minimum Gasteiger partial charge on any atom is -0.497 e. The molecule has 186 valence electrons.